The summed E-state index contributed by atoms with van der Waals surface area (Å²) < 4.78 is 1.84. The molecule has 0 bridgehead atoms. The van der Waals surface area contributed by atoms with Crippen LogP contribution < -0.4 is 5.73 Å². The Morgan fingerprint density at radius 1 is 1.40 bits per heavy atom. The van der Waals surface area contributed by atoms with Crippen LogP contribution in [0.4, 0.5) is 5.82 Å². The van der Waals surface area contributed by atoms with Gasteiger partial charge in [-0.2, -0.15) is 0 Å². The minimum atomic E-state index is 0.520. The summed E-state index contributed by atoms with van der Waals surface area (Å²) in [5.74, 6) is 1.31. The van der Waals surface area contributed by atoms with Gasteiger partial charge in [-0.1, -0.05) is 13.3 Å². The lowest BCUT2D eigenvalue weighted by Gasteiger charge is -2.02. The second-order valence-corrected chi connectivity index (χ2v) is 3.66. The SMILES string of the molecule is CCCCc1nc(N)c2c(ncn2C)n1. The zero-order valence-corrected chi connectivity index (χ0v) is 9.06. The van der Waals surface area contributed by atoms with Gasteiger partial charge in [0, 0.05) is 13.5 Å². The molecule has 15 heavy (non-hydrogen) atoms. The van der Waals surface area contributed by atoms with Crippen LogP contribution in [0.5, 0.6) is 0 Å². The van der Waals surface area contributed by atoms with Crippen LogP contribution in [0.1, 0.15) is 25.6 Å². The highest BCUT2D eigenvalue weighted by atomic mass is 15.1. The molecule has 0 spiro atoms. The minimum absolute atomic E-state index is 0.520. The third kappa shape index (κ3) is 1.77. The van der Waals surface area contributed by atoms with Crippen molar-refractivity contribution < 1.29 is 0 Å². The van der Waals surface area contributed by atoms with Gasteiger partial charge < -0.3 is 10.3 Å². The highest BCUT2D eigenvalue weighted by molar-refractivity contribution is 5.81. The molecule has 0 aliphatic rings. The van der Waals surface area contributed by atoms with Crippen LogP contribution in [0.15, 0.2) is 6.33 Å². The number of unbranched alkanes of at least 4 members (excludes halogenated alkanes) is 1. The Balaban J connectivity index is 2.44. The molecule has 0 saturated heterocycles. The molecule has 0 aromatic carbocycles. The van der Waals surface area contributed by atoms with Crippen molar-refractivity contribution in [1.29, 1.82) is 0 Å². The van der Waals surface area contributed by atoms with Crippen LogP contribution in [0.3, 0.4) is 0 Å². The van der Waals surface area contributed by atoms with Crippen LogP contribution in [-0.4, -0.2) is 19.5 Å². The van der Waals surface area contributed by atoms with Crippen molar-refractivity contribution >= 4 is 17.0 Å². The van der Waals surface area contributed by atoms with Crippen LogP contribution >= 0.6 is 0 Å². The maximum absolute atomic E-state index is 5.86. The van der Waals surface area contributed by atoms with Gasteiger partial charge in [0.25, 0.3) is 0 Å². The molecule has 2 N–H and O–H groups in total. The summed E-state index contributed by atoms with van der Waals surface area (Å²) in [4.78, 5) is 12.8. The van der Waals surface area contributed by atoms with Gasteiger partial charge in [0.1, 0.15) is 11.3 Å². The monoisotopic (exact) mass is 205 g/mol. The number of imidazole rings is 1. The molecule has 2 heterocycles. The first-order valence-corrected chi connectivity index (χ1v) is 5.15. The number of nitrogens with zero attached hydrogens (tertiary/aromatic N) is 4. The maximum Gasteiger partial charge on any atom is 0.183 e. The summed E-state index contributed by atoms with van der Waals surface area (Å²) in [5, 5.41) is 0. The summed E-state index contributed by atoms with van der Waals surface area (Å²) in [6, 6.07) is 0. The molecule has 0 aliphatic carbocycles. The fourth-order valence-corrected chi connectivity index (χ4v) is 1.58. The van der Waals surface area contributed by atoms with Gasteiger partial charge in [0.15, 0.2) is 11.5 Å². The lowest BCUT2D eigenvalue weighted by molar-refractivity contribution is 0.757. The van der Waals surface area contributed by atoms with E-state index >= 15 is 0 Å². The van der Waals surface area contributed by atoms with E-state index < -0.39 is 0 Å². The molecule has 2 rings (SSSR count). The Labute approximate surface area is 88.4 Å². The molecule has 0 radical (unpaired) electrons. The topological polar surface area (TPSA) is 69.6 Å². The van der Waals surface area contributed by atoms with Crippen molar-refractivity contribution in [3.63, 3.8) is 0 Å². The predicted molar refractivity (Wildman–Crippen MR) is 59.3 cm³/mol. The average Bonchev–Trinajstić information content (AvgIpc) is 2.58. The number of aromatic nitrogens is 4. The number of nitrogens with two attached hydrogens (primary N) is 1. The Bertz CT molecular complexity index is 474. The van der Waals surface area contributed by atoms with Gasteiger partial charge in [-0.25, -0.2) is 15.0 Å². The zero-order valence-electron chi connectivity index (χ0n) is 9.06. The molecule has 0 unspecified atom stereocenters. The van der Waals surface area contributed by atoms with Crippen LogP contribution in [0.25, 0.3) is 11.2 Å². The van der Waals surface area contributed by atoms with Gasteiger partial charge in [0.05, 0.1) is 6.33 Å². The van der Waals surface area contributed by atoms with Crippen molar-refractivity contribution in [3.05, 3.63) is 12.2 Å². The molecular formula is C10H15N5. The number of anilines is 1. The van der Waals surface area contributed by atoms with E-state index in [-0.39, 0.29) is 0 Å². The van der Waals surface area contributed by atoms with Crippen molar-refractivity contribution in [3.8, 4) is 0 Å². The molecule has 80 valence electrons. The Hall–Kier alpha value is -1.65. The summed E-state index contributed by atoms with van der Waals surface area (Å²) in [6.45, 7) is 2.14. The van der Waals surface area contributed by atoms with Crippen molar-refractivity contribution in [2.45, 2.75) is 26.2 Å². The molecule has 0 saturated carbocycles. The molecule has 0 aliphatic heterocycles. The smallest absolute Gasteiger partial charge is 0.183 e. The number of nitrogen functional groups attached to an aromatic ring is 1. The highest BCUT2D eigenvalue weighted by Crippen LogP contribution is 2.16. The van der Waals surface area contributed by atoms with Gasteiger partial charge in [-0.15, -0.1) is 0 Å². The van der Waals surface area contributed by atoms with Gasteiger partial charge in [-0.05, 0) is 6.42 Å². The van der Waals surface area contributed by atoms with Gasteiger partial charge >= 0.3 is 0 Å². The third-order valence-electron chi connectivity index (χ3n) is 2.40. The molecule has 5 heteroatoms. The molecule has 0 amide bonds. The van der Waals surface area contributed by atoms with Crippen molar-refractivity contribution in [1.82, 2.24) is 19.5 Å². The van der Waals surface area contributed by atoms with E-state index in [1.165, 1.54) is 0 Å². The number of rotatable bonds is 3. The lowest BCUT2D eigenvalue weighted by Crippen LogP contribution is -2.02. The molecule has 0 atom stereocenters. The van der Waals surface area contributed by atoms with Crippen molar-refractivity contribution in [2.24, 2.45) is 7.05 Å². The standard InChI is InChI=1S/C10H15N5/c1-3-4-5-7-13-9(11)8-10(14-7)12-6-15(8)2/h6H,3-5H2,1-2H3,(H2,11,13,14). The van der Waals surface area contributed by atoms with Crippen LogP contribution in [0, 0.1) is 0 Å². The number of aryl methyl sites for hydroxylation is 2. The minimum Gasteiger partial charge on any atom is -0.382 e. The first-order chi connectivity index (χ1) is 7.22. The van der Waals surface area contributed by atoms with E-state index in [1.54, 1.807) is 6.33 Å². The fourth-order valence-electron chi connectivity index (χ4n) is 1.58. The highest BCUT2D eigenvalue weighted by Gasteiger charge is 2.08. The Morgan fingerprint density at radius 3 is 2.93 bits per heavy atom. The first-order valence-electron chi connectivity index (χ1n) is 5.15. The molecule has 0 fully saturated rings. The quantitative estimate of drug-likeness (QED) is 0.819. The molecule has 2 aromatic heterocycles. The second kappa shape index (κ2) is 3.84. The average molecular weight is 205 g/mol. The largest absolute Gasteiger partial charge is 0.382 e. The first kappa shape index (κ1) is 9.89. The number of fused-ring (bicyclic) bond motifs is 1. The Kier molecular flexibility index (Phi) is 2.53. The predicted octanol–water partition coefficient (Wildman–Crippen LogP) is 1.29. The lowest BCUT2D eigenvalue weighted by atomic mass is 10.2. The summed E-state index contributed by atoms with van der Waals surface area (Å²) >= 11 is 0. The fraction of sp³-hybridized carbons (Fsp3) is 0.500. The van der Waals surface area contributed by atoms with Crippen LogP contribution in [-0.2, 0) is 13.5 Å². The summed E-state index contributed by atoms with van der Waals surface area (Å²) in [7, 11) is 1.89. The molecular weight excluding hydrogens is 190 g/mol. The maximum atomic E-state index is 5.86. The second-order valence-electron chi connectivity index (χ2n) is 3.66. The number of hydrogen-bond acceptors (Lipinski definition) is 4. The van der Waals surface area contributed by atoms with Crippen LogP contribution in [0.2, 0.25) is 0 Å². The summed E-state index contributed by atoms with van der Waals surface area (Å²) in [5.41, 5.74) is 7.37. The Morgan fingerprint density at radius 2 is 2.20 bits per heavy atom. The van der Waals surface area contributed by atoms with Gasteiger partial charge in [0.2, 0.25) is 0 Å². The molecule has 5 nitrogen and oxygen atoms in total. The summed E-state index contributed by atoms with van der Waals surface area (Å²) in [6.07, 6.45) is 4.79. The van der Waals surface area contributed by atoms with Crippen molar-refractivity contribution in [2.75, 3.05) is 5.73 Å². The van der Waals surface area contributed by atoms with E-state index in [9.17, 15) is 0 Å². The van der Waals surface area contributed by atoms with E-state index in [1.807, 2.05) is 11.6 Å². The molecule has 2 aromatic rings. The third-order valence-corrected chi connectivity index (χ3v) is 2.40. The van der Waals surface area contributed by atoms with Gasteiger partial charge in [-0.3, -0.25) is 0 Å². The normalized spacial score (nSPS) is 11.1. The van der Waals surface area contributed by atoms with E-state index in [4.69, 9.17) is 5.73 Å². The zero-order chi connectivity index (χ0) is 10.8. The van der Waals surface area contributed by atoms with E-state index in [2.05, 4.69) is 21.9 Å². The number of hydrogen-bond donors (Lipinski definition) is 1. The van der Waals surface area contributed by atoms with E-state index in [0.717, 1.165) is 30.6 Å². The van der Waals surface area contributed by atoms with E-state index in [0.29, 0.717) is 11.5 Å².